The molecule has 2 N–H and O–H groups in total. The molecule has 1 atom stereocenters. The number of hydrogen-bond acceptors (Lipinski definition) is 3. The first-order valence-electron chi connectivity index (χ1n) is 6.92. The second-order valence-electron chi connectivity index (χ2n) is 5.90. The van der Waals surface area contributed by atoms with E-state index in [9.17, 15) is 4.79 Å². The van der Waals surface area contributed by atoms with Crippen LogP contribution >= 0.6 is 0 Å². The van der Waals surface area contributed by atoms with Crippen LogP contribution in [-0.2, 0) is 4.74 Å². The van der Waals surface area contributed by atoms with Gasteiger partial charge in [0.05, 0.1) is 5.60 Å². The highest BCUT2D eigenvalue weighted by Gasteiger charge is 2.30. The Balaban J connectivity index is 1.72. The van der Waals surface area contributed by atoms with E-state index in [1.807, 2.05) is 18.2 Å². The quantitative estimate of drug-likeness (QED) is 0.882. The summed E-state index contributed by atoms with van der Waals surface area (Å²) in [7, 11) is 0. The molecule has 0 bridgehead atoms. The molecular formula is C15H19N3O2. The zero-order chi connectivity index (χ0) is 14.2. The van der Waals surface area contributed by atoms with Gasteiger partial charge in [-0.05, 0) is 44.9 Å². The Labute approximate surface area is 117 Å². The van der Waals surface area contributed by atoms with Gasteiger partial charge >= 0.3 is 0 Å². The number of rotatable bonds is 2. The average Bonchev–Trinajstić information content (AvgIpc) is 2.81. The minimum absolute atomic E-state index is 0.0781. The van der Waals surface area contributed by atoms with Crippen molar-refractivity contribution < 1.29 is 9.53 Å². The molecule has 0 aromatic carbocycles. The molecule has 0 spiro atoms. The zero-order valence-electron chi connectivity index (χ0n) is 11.8. The lowest BCUT2D eigenvalue weighted by Gasteiger charge is -2.35. The number of fused-ring (bicyclic) bond motifs is 1. The van der Waals surface area contributed by atoms with Gasteiger partial charge in [0, 0.05) is 24.2 Å². The highest BCUT2D eigenvalue weighted by Crippen LogP contribution is 2.24. The average molecular weight is 273 g/mol. The number of pyridine rings is 1. The van der Waals surface area contributed by atoms with E-state index in [1.165, 1.54) is 0 Å². The first-order valence-corrected chi connectivity index (χ1v) is 6.92. The van der Waals surface area contributed by atoms with Crippen molar-refractivity contribution in [1.82, 2.24) is 15.3 Å². The topological polar surface area (TPSA) is 67.0 Å². The fourth-order valence-corrected chi connectivity index (χ4v) is 2.70. The summed E-state index contributed by atoms with van der Waals surface area (Å²) in [6.07, 6.45) is 3.40. The Morgan fingerprint density at radius 1 is 1.55 bits per heavy atom. The van der Waals surface area contributed by atoms with Crippen LogP contribution < -0.4 is 5.32 Å². The summed E-state index contributed by atoms with van der Waals surface area (Å²) in [4.78, 5) is 19.5. The molecule has 0 aliphatic carbocycles. The highest BCUT2D eigenvalue weighted by atomic mass is 16.5. The second kappa shape index (κ2) is 4.90. The molecule has 2 aromatic heterocycles. The fourth-order valence-electron chi connectivity index (χ4n) is 2.70. The van der Waals surface area contributed by atoms with Crippen molar-refractivity contribution in [3.05, 3.63) is 30.1 Å². The van der Waals surface area contributed by atoms with E-state index in [-0.39, 0.29) is 17.6 Å². The molecule has 0 saturated carbocycles. The summed E-state index contributed by atoms with van der Waals surface area (Å²) in [5.74, 6) is -0.0781. The SMILES string of the molecule is CC1(C)C[C@H](NC(=O)c2cc3cccnc3[nH]2)CCO1. The first-order chi connectivity index (χ1) is 9.53. The standard InChI is InChI=1S/C15H19N3O2/c1-15(2)9-11(5-7-20-15)17-14(19)12-8-10-4-3-6-16-13(10)18-12/h3-4,6,8,11H,5,7,9H2,1-2H3,(H,16,18)(H,17,19)/t11-/m1/s1. The van der Waals surface area contributed by atoms with E-state index in [4.69, 9.17) is 4.74 Å². The molecule has 3 heterocycles. The Morgan fingerprint density at radius 2 is 2.40 bits per heavy atom. The van der Waals surface area contributed by atoms with E-state index < -0.39 is 0 Å². The lowest BCUT2D eigenvalue weighted by Crippen LogP contribution is -2.45. The van der Waals surface area contributed by atoms with Gasteiger partial charge in [0.15, 0.2) is 0 Å². The number of carbonyl (C=O) groups is 1. The molecule has 0 unspecified atom stereocenters. The minimum Gasteiger partial charge on any atom is -0.375 e. The lowest BCUT2D eigenvalue weighted by molar-refractivity contribution is -0.0615. The Morgan fingerprint density at radius 3 is 3.15 bits per heavy atom. The van der Waals surface area contributed by atoms with Gasteiger partial charge in [-0.3, -0.25) is 4.79 Å². The van der Waals surface area contributed by atoms with Gasteiger partial charge in [0.25, 0.3) is 5.91 Å². The van der Waals surface area contributed by atoms with Crippen LogP contribution in [0.5, 0.6) is 0 Å². The number of ether oxygens (including phenoxy) is 1. The highest BCUT2D eigenvalue weighted by molar-refractivity contribution is 5.97. The van der Waals surface area contributed by atoms with Crippen molar-refractivity contribution in [1.29, 1.82) is 0 Å². The lowest BCUT2D eigenvalue weighted by atomic mass is 9.94. The van der Waals surface area contributed by atoms with Crippen molar-refractivity contribution in [2.45, 2.75) is 38.3 Å². The van der Waals surface area contributed by atoms with Crippen molar-refractivity contribution in [3.63, 3.8) is 0 Å². The number of nitrogens with one attached hydrogen (secondary N) is 2. The summed E-state index contributed by atoms with van der Waals surface area (Å²) >= 11 is 0. The number of carbonyl (C=O) groups excluding carboxylic acids is 1. The molecule has 1 aliphatic rings. The smallest absolute Gasteiger partial charge is 0.267 e. The van der Waals surface area contributed by atoms with Gasteiger partial charge in [0.2, 0.25) is 0 Å². The molecule has 106 valence electrons. The van der Waals surface area contributed by atoms with Crippen LogP contribution in [0.4, 0.5) is 0 Å². The predicted octanol–water partition coefficient (Wildman–Crippen LogP) is 2.25. The Hall–Kier alpha value is -1.88. The van der Waals surface area contributed by atoms with Crippen LogP contribution in [0.1, 0.15) is 37.2 Å². The zero-order valence-corrected chi connectivity index (χ0v) is 11.8. The van der Waals surface area contributed by atoms with E-state index >= 15 is 0 Å². The molecule has 5 nitrogen and oxygen atoms in total. The molecule has 20 heavy (non-hydrogen) atoms. The van der Waals surface area contributed by atoms with Crippen molar-refractivity contribution in [2.75, 3.05) is 6.61 Å². The number of aromatic nitrogens is 2. The molecule has 1 aliphatic heterocycles. The van der Waals surface area contributed by atoms with E-state index in [0.717, 1.165) is 23.9 Å². The van der Waals surface area contributed by atoms with Gasteiger partial charge in [-0.2, -0.15) is 0 Å². The summed E-state index contributed by atoms with van der Waals surface area (Å²) in [6.45, 7) is 4.79. The Bertz CT molecular complexity index is 600. The molecule has 1 fully saturated rings. The van der Waals surface area contributed by atoms with Gasteiger partial charge in [-0.15, -0.1) is 0 Å². The van der Waals surface area contributed by atoms with Crippen LogP contribution in [0.25, 0.3) is 11.0 Å². The van der Waals surface area contributed by atoms with E-state index in [1.54, 1.807) is 6.20 Å². The summed E-state index contributed by atoms with van der Waals surface area (Å²) in [5.41, 5.74) is 1.13. The van der Waals surface area contributed by atoms with Crippen molar-refractivity contribution in [3.8, 4) is 0 Å². The molecule has 5 heteroatoms. The minimum atomic E-state index is -0.168. The van der Waals surface area contributed by atoms with Crippen LogP contribution in [0.15, 0.2) is 24.4 Å². The van der Waals surface area contributed by atoms with Crippen molar-refractivity contribution >= 4 is 16.9 Å². The number of aromatic amines is 1. The molecule has 1 saturated heterocycles. The summed E-state index contributed by atoms with van der Waals surface area (Å²) in [6, 6.07) is 5.79. The summed E-state index contributed by atoms with van der Waals surface area (Å²) < 4.78 is 5.66. The molecule has 0 radical (unpaired) electrons. The number of amides is 1. The normalized spacial score (nSPS) is 21.8. The molecular weight excluding hydrogens is 254 g/mol. The summed E-state index contributed by atoms with van der Waals surface area (Å²) in [5, 5.41) is 4.02. The maximum atomic E-state index is 12.3. The van der Waals surface area contributed by atoms with Crippen LogP contribution in [0.2, 0.25) is 0 Å². The fraction of sp³-hybridized carbons (Fsp3) is 0.467. The van der Waals surface area contributed by atoms with E-state index in [2.05, 4.69) is 29.1 Å². The van der Waals surface area contributed by atoms with Gasteiger partial charge < -0.3 is 15.0 Å². The maximum Gasteiger partial charge on any atom is 0.267 e. The van der Waals surface area contributed by atoms with E-state index in [0.29, 0.717) is 12.3 Å². The number of hydrogen-bond donors (Lipinski definition) is 2. The monoisotopic (exact) mass is 273 g/mol. The molecule has 1 amide bonds. The van der Waals surface area contributed by atoms with Crippen LogP contribution in [0, 0.1) is 0 Å². The third-order valence-electron chi connectivity index (χ3n) is 3.67. The number of nitrogens with zero attached hydrogens (tertiary/aromatic N) is 1. The number of H-pyrrole nitrogens is 1. The van der Waals surface area contributed by atoms with Crippen LogP contribution in [0.3, 0.4) is 0 Å². The largest absolute Gasteiger partial charge is 0.375 e. The first kappa shape index (κ1) is 13.1. The third-order valence-corrected chi connectivity index (χ3v) is 3.67. The maximum absolute atomic E-state index is 12.3. The van der Waals surface area contributed by atoms with Gasteiger partial charge in [-0.25, -0.2) is 4.98 Å². The predicted molar refractivity (Wildman–Crippen MR) is 76.6 cm³/mol. The Kier molecular flexibility index (Phi) is 3.22. The van der Waals surface area contributed by atoms with Crippen molar-refractivity contribution in [2.24, 2.45) is 0 Å². The molecule has 3 rings (SSSR count). The second-order valence-corrected chi connectivity index (χ2v) is 5.90. The van der Waals surface area contributed by atoms with Gasteiger partial charge in [0.1, 0.15) is 11.3 Å². The third kappa shape index (κ3) is 2.67. The van der Waals surface area contributed by atoms with Gasteiger partial charge in [-0.1, -0.05) is 0 Å². The molecule has 2 aromatic rings. The van der Waals surface area contributed by atoms with Crippen LogP contribution in [-0.4, -0.2) is 34.1 Å².